The van der Waals surface area contributed by atoms with Gasteiger partial charge in [0.05, 0.1) is 0 Å². The number of carbonyl (C=O) groups is 2. The number of rotatable bonds is 4. The third-order valence-corrected chi connectivity index (χ3v) is 5.20. The van der Waals surface area contributed by atoms with E-state index in [0.29, 0.717) is 37.5 Å². The summed E-state index contributed by atoms with van der Waals surface area (Å²) in [4.78, 5) is 38.0. The molecular formula is C21H23N5O2. The lowest BCUT2D eigenvalue weighted by Gasteiger charge is -2.31. The second-order valence-corrected chi connectivity index (χ2v) is 7.02. The Kier molecular flexibility index (Phi) is 5.06. The number of carbonyl (C=O) groups excluding carboxylic acids is 2. The molecule has 2 amide bonds. The van der Waals surface area contributed by atoms with Crippen molar-refractivity contribution in [1.82, 2.24) is 24.2 Å². The highest BCUT2D eigenvalue weighted by Gasteiger charge is 2.31. The first-order chi connectivity index (χ1) is 13.7. The monoisotopic (exact) mass is 377 g/mol. The molecule has 0 N–H and O–H groups in total. The van der Waals surface area contributed by atoms with Gasteiger partial charge in [-0.1, -0.05) is 37.3 Å². The lowest BCUT2D eigenvalue weighted by Crippen LogP contribution is -2.43. The van der Waals surface area contributed by atoms with Crippen LogP contribution in [0.2, 0.25) is 0 Å². The molecule has 144 valence electrons. The maximum Gasteiger partial charge on any atom is 0.274 e. The van der Waals surface area contributed by atoms with Gasteiger partial charge in [0.15, 0.2) is 0 Å². The zero-order valence-corrected chi connectivity index (χ0v) is 15.9. The van der Waals surface area contributed by atoms with Gasteiger partial charge in [-0.25, -0.2) is 9.97 Å². The fourth-order valence-electron chi connectivity index (χ4n) is 3.65. The molecule has 0 saturated carbocycles. The molecule has 0 spiro atoms. The second-order valence-electron chi connectivity index (χ2n) is 7.02. The van der Waals surface area contributed by atoms with Gasteiger partial charge in [0.25, 0.3) is 5.91 Å². The van der Waals surface area contributed by atoms with Crippen LogP contribution in [0.5, 0.6) is 0 Å². The Morgan fingerprint density at radius 3 is 2.79 bits per heavy atom. The van der Waals surface area contributed by atoms with Crippen LogP contribution in [0.25, 0.3) is 5.78 Å². The van der Waals surface area contributed by atoms with Gasteiger partial charge >= 0.3 is 0 Å². The van der Waals surface area contributed by atoms with Crippen molar-refractivity contribution >= 4 is 17.6 Å². The summed E-state index contributed by atoms with van der Waals surface area (Å²) < 4.78 is 1.73. The van der Waals surface area contributed by atoms with Crippen LogP contribution in [0.3, 0.4) is 0 Å². The Morgan fingerprint density at radius 1 is 1.21 bits per heavy atom. The lowest BCUT2D eigenvalue weighted by molar-refractivity contribution is -0.133. The van der Waals surface area contributed by atoms with Crippen molar-refractivity contribution in [2.24, 2.45) is 0 Å². The van der Waals surface area contributed by atoms with Crippen molar-refractivity contribution in [3.8, 4) is 0 Å². The van der Waals surface area contributed by atoms with Gasteiger partial charge in [0, 0.05) is 50.7 Å². The topological polar surface area (TPSA) is 70.8 Å². The molecule has 0 aliphatic carbocycles. The molecule has 28 heavy (non-hydrogen) atoms. The summed E-state index contributed by atoms with van der Waals surface area (Å²) >= 11 is 0. The van der Waals surface area contributed by atoms with E-state index in [1.54, 1.807) is 27.8 Å². The van der Waals surface area contributed by atoms with E-state index in [-0.39, 0.29) is 17.9 Å². The Bertz CT molecular complexity index is 952. The van der Waals surface area contributed by atoms with E-state index in [2.05, 4.69) is 16.9 Å². The van der Waals surface area contributed by atoms with Crippen LogP contribution in [0.15, 0.2) is 55.0 Å². The summed E-state index contributed by atoms with van der Waals surface area (Å²) in [7, 11) is 0. The number of hydrogen-bond acceptors (Lipinski definition) is 4. The van der Waals surface area contributed by atoms with E-state index in [4.69, 9.17) is 0 Å². The zero-order valence-electron chi connectivity index (χ0n) is 15.9. The fraction of sp³-hybridized carbons (Fsp3) is 0.333. The molecular weight excluding hydrogens is 354 g/mol. The molecule has 1 atom stereocenters. The zero-order chi connectivity index (χ0) is 19.5. The minimum atomic E-state index is -0.154. The van der Waals surface area contributed by atoms with E-state index >= 15 is 0 Å². The van der Waals surface area contributed by atoms with Crippen molar-refractivity contribution in [3.05, 3.63) is 66.2 Å². The average Bonchev–Trinajstić information content (AvgIpc) is 3.10. The van der Waals surface area contributed by atoms with E-state index in [1.807, 2.05) is 41.4 Å². The molecule has 0 unspecified atom stereocenters. The number of fused-ring (bicyclic) bond motifs is 1. The molecule has 1 aromatic carbocycles. The van der Waals surface area contributed by atoms with Crippen molar-refractivity contribution in [1.29, 1.82) is 0 Å². The van der Waals surface area contributed by atoms with Gasteiger partial charge in [-0.05, 0) is 18.1 Å². The minimum Gasteiger partial charge on any atom is -0.335 e. The van der Waals surface area contributed by atoms with Gasteiger partial charge < -0.3 is 9.80 Å². The smallest absolute Gasteiger partial charge is 0.274 e. The van der Waals surface area contributed by atoms with Crippen LogP contribution in [0, 0.1) is 0 Å². The molecule has 3 heterocycles. The molecule has 0 radical (unpaired) electrons. The minimum absolute atomic E-state index is 0.0192. The van der Waals surface area contributed by atoms with Crippen LogP contribution in [0.4, 0.5) is 0 Å². The number of aromatic nitrogens is 3. The van der Waals surface area contributed by atoms with Crippen LogP contribution < -0.4 is 0 Å². The molecule has 0 bridgehead atoms. The van der Waals surface area contributed by atoms with Gasteiger partial charge in [0.1, 0.15) is 5.69 Å². The normalized spacial score (nSPS) is 17.8. The molecule has 2 aromatic heterocycles. The van der Waals surface area contributed by atoms with Gasteiger partial charge in [-0.3, -0.25) is 14.0 Å². The molecule has 4 rings (SSSR count). The standard InChI is InChI=1S/C21H23N5O2/c1-2-17-14-24(20(28)18-15-25-11-6-10-22-21(25)23-18)12-9-19(27)26(17)13-16-7-4-3-5-8-16/h3-8,10-11,15,17H,2,9,12-14H2,1H3/t17-/m0/s1. The third-order valence-electron chi connectivity index (χ3n) is 5.20. The van der Waals surface area contributed by atoms with Crippen LogP contribution in [-0.2, 0) is 11.3 Å². The highest BCUT2D eigenvalue weighted by atomic mass is 16.2. The van der Waals surface area contributed by atoms with Gasteiger partial charge in [0.2, 0.25) is 11.7 Å². The third kappa shape index (κ3) is 3.60. The predicted octanol–water partition coefficient (Wildman–Crippen LogP) is 2.38. The number of nitrogens with zero attached hydrogens (tertiary/aromatic N) is 5. The maximum atomic E-state index is 13.0. The van der Waals surface area contributed by atoms with Crippen molar-refractivity contribution in [2.75, 3.05) is 13.1 Å². The first-order valence-corrected chi connectivity index (χ1v) is 9.58. The predicted molar refractivity (Wildman–Crippen MR) is 105 cm³/mol. The van der Waals surface area contributed by atoms with Gasteiger partial charge in [-0.2, -0.15) is 0 Å². The number of imidazole rings is 1. The average molecular weight is 377 g/mol. The van der Waals surface area contributed by atoms with E-state index in [9.17, 15) is 9.59 Å². The summed E-state index contributed by atoms with van der Waals surface area (Å²) in [6.07, 6.45) is 6.26. The molecule has 1 aliphatic rings. The van der Waals surface area contributed by atoms with Crippen molar-refractivity contribution < 1.29 is 9.59 Å². The molecule has 3 aromatic rings. The largest absolute Gasteiger partial charge is 0.335 e. The van der Waals surface area contributed by atoms with Crippen LogP contribution >= 0.6 is 0 Å². The molecule has 7 nitrogen and oxygen atoms in total. The second kappa shape index (κ2) is 7.80. The summed E-state index contributed by atoms with van der Waals surface area (Å²) in [6.45, 7) is 3.53. The first-order valence-electron chi connectivity index (χ1n) is 9.58. The van der Waals surface area contributed by atoms with Crippen LogP contribution in [0.1, 0.15) is 35.8 Å². The fourth-order valence-corrected chi connectivity index (χ4v) is 3.65. The van der Waals surface area contributed by atoms with E-state index in [1.165, 1.54) is 0 Å². The molecule has 1 aliphatic heterocycles. The van der Waals surface area contributed by atoms with E-state index < -0.39 is 0 Å². The summed E-state index contributed by atoms with van der Waals surface area (Å²) in [6, 6.07) is 11.7. The quantitative estimate of drug-likeness (QED) is 0.700. The summed E-state index contributed by atoms with van der Waals surface area (Å²) in [5.74, 6) is 0.426. The summed E-state index contributed by atoms with van der Waals surface area (Å²) in [5, 5.41) is 0. The van der Waals surface area contributed by atoms with Gasteiger partial charge in [-0.15, -0.1) is 0 Å². The Labute approximate surface area is 163 Å². The SMILES string of the molecule is CC[C@H]1CN(C(=O)c2cn3cccnc3n2)CCC(=O)N1Cc1ccccc1. The maximum absolute atomic E-state index is 13.0. The number of benzene rings is 1. The number of amides is 2. The highest BCUT2D eigenvalue weighted by molar-refractivity contribution is 5.93. The highest BCUT2D eigenvalue weighted by Crippen LogP contribution is 2.19. The Hall–Kier alpha value is -3.22. The lowest BCUT2D eigenvalue weighted by atomic mass is 10.1. The van der Waals surface area contributed by atoms with Crippen molar-refractivity contribution in [3.63, 3.8) is 0 Å². The Balaban J connectivity index is 1.55. The van der Waals surface area contributed by atoms with E-state index in [0.717, 1.165) is 12.0 Å². The molecule has 1 fully saturated rings. The van der Waals surface area contributed by atoms with Crippen molar-refractivity contribution in [2.45, 2.75) is 32.4 Å². The van der Waals surface area contributed by atoms with Crippen LogP contribution in [-0.4, -0.2) is 55.1 Å². The summed E-state index contributed by atoms with van der Waals surface area (Å²) in [5.41, 5.74) is 1.46. The molecule has 1 saturated heterocycles. The Morgan fingerprint density at radius 2 is 2.04 bits per heavy atom. The first kappa shape index (κ1) is 18.2. The molecule has 7 heteroatoms. The number of hydrogen-bond donors (Lipinski definition) is 0.